The van der Waals surface area contributed by atoms with Crippen LogP contribution in [0.1, 0.15) is 17.3 Å². The molecule has 28 heavy (non-hydrogen) atoms. The normalized spacial score (nSPS) is 12.5. The van der Waals surface area contributed by atoms with E-state index in [1.807, 2.05) is 0 Å². The molecule has 0 bridgehead atoms. The number of nitrogens with one attached hydrogen (secondary N) is 1. The number of hydrogen-bond acceptors (Lipinski definition) is 6. The number of benzene rings is 2. The zero-order valence-electron chi connectivity index (χ0n) is 15.4. The molecule has 0 fully saturated rings. The maximum absolute atomic E-state index is 13.6. The van der Waals surface area contributed by atoms with Crippen LogP contribution in [0.15, 0.2) is 53.4 Å². The Kier molecular flexibility index (Phi) is 6.84. The van der Waals surface area contributed by atoms with Crippen LogP contribution in [-0.2, 0) is 24.4 Å². The molecular formula is C18H19FN2O6S. The van der Waals surface area contributed by atoms with Crippen molar-refractivity contribution < 1.29 is 32.0 Å². The fourth-order valence-electron chi connectivity index (χ4n) is 2.09. The van der Waals surface area contributed by atoms with E-state index in [0.717, 1.165) is 0 Å². The molecule has 0 aliphatic heterocycles. The highest BCUT2D eigenvalue weighted by Crippen LogP contribution is 2.17. The van der Waals surface area contributed by atoms with E-state index in [1.54, 1.807) is 6.07 Å². The largest absolute Gasteiger partial charge is 0.449 e. The van der Waals surface area contributed by atoms with Gasteiger partial charge in [-0.25, -0.2) is 17.6 Å². The number of rotatable bonds is 7. The van der Waals surface area contributed by atoms with E-state index in [0.29, 0.717) is 4.47 Å². The Morgan fingerprint density at radius 3 is 2.29 bits per heavy atom. The number of carbonyl (C=O) groups excluding carboxylic acids is 2. The summed E-state index contributed by atoms with van der Waals surface area (Å²) in [6.45, 7) is 1.33. The molecule has 0 aliphatic carbocycles. The molecule has 0 spiro atoms. The van der Waals surface area contributed by atoms with Gasteiger partial charge in [0.05, 0.1) is 23.3 Å². The summed E-state index contributed by atoms with van der Waals surface area (Å²) in [5.74, 6) is -2.16. The van der Waals surface area contributed by atoms with Crippen molar-refractivity contribution in [1.82, 2.24) is 4.47 Å². The molecule has 0 saturated carbocycles. The monoisotopic (exact) mass is 410 g/mol. The number of anilines is 1. The van der Waals surface area contributed by atoms with Crippen molar-refractivity contribution >= 4 is 27.6 Å². The first-order valence-electron chi connectivity index (χ1n) is 8.06. The molecule has 0 heterocycles. The highest BCUT2D eigenvalue weighted by molar-refractivity contribution is 7.89. The van der Waals surface area contributed by atoms with Gasteiger partial charge in [0, 0.05) is 7.05 Å². The van der Waals surface area contributed by atoms with Crippen LogP contribution in [0, 0.1) is 5.82 Å². The predicted octanol–water partition coefficient (Wildman–Crippen LogP) is 2.19. The van der Waals surface area contributed by atoms with E-state index in [-0.39, 0.29) is 16.1 Å². The number of nitrogens with zero attached hydrogens (tertiary/aromatic N) is 1. The molecule has 0 aliphatic rings. The zero-order chi connectivity index (χ0) is 20.9. The summed E-state index contributed by atoms with van der Waals surface area (Å²) >= 11 is 0. The van der Waals surface area contributed by atoms with Gasteiger partial charge in [0.2, 0.25) is 0 Å². The Bertz CT molecular complexity index is 962. The quantitative estimate of drug-likeness (QED) is 0.555. The summed E-state index contributed by atoms with van der Waals surface area (Å²) in [4.78, 5) is 28.8. The van der Waals surface area contributed by atoms with Gasteiger partial charge in [0.15, 0.2) is 6.10 Å². The number of carbonyl (C=O) groups is 2. The third-order valence-corrected chi connectivity index (χ3v) is 5.46. The van der Waals surface area contributed by atoms with Gasteiger partial charge < -0.3 is 10.1 Å². The van der Waals surface area contributed by atoms with Gasteiger partial charge in [-0.15, -0.1) is 0 Å². The van der Waals surface area contributed by atoms with Gasteiger partial charge >= 0.3 is 5.97 Å². The summed E-state index contributed by atoms with van der Waals surface area (Å²) in [5.41, 5.74) is 0.0109. The van der Waals surface area contributed by atoms with E-state index in [9.17, 15) is 22.4 Å². The van der Waals surface area contributed by atoms with E-state index in [2.05, 4.69) is 10.2 Å². The molecule has 2 aromatic rings. The Morgan fingerprint density at radius 2 is 1.71 bits per heavy atom. The average Bonchev–Trinajstić information content (AvgIpc) is 2.68. The van der Waals surface area contributed by atoms with Crippen molar-refractivity contribution in [1.29, 1.82) is 0 Å². The molecule has 2 aromatic carbocycles. The van der Waals surface area contributed by atoms with Crippen LogP contribution < -0.4 is 5.32 Å². The van der Waals surface area contributed by atoms with Crippen LogP contribution in [0.3, 0.4) is 0 Å². The van der Waals surface area contributed by atoms with Crippen LogP contribution in [0.25, 0.3) is 0 Å². The number of esters is 1. The molecule has 2 rings (SSSR count). The molecule has 1 atom stereocenters. The highest BCUT2D eigenvalue weighted by Gasteiger charge is 2.23. The molecule has 0 aromatic heterocycles. The van der Waals surface area contributed by atoms with Gasteiger partial charge in [-0.3, -0.25) is 9.63 Å². The lowest BCUT2D eigenvalue weighted by molar-refractivity contribution is -0.123. The van der Waals surface area contributed by atoms with Gasteiger partial charge in [0.1, 0.15) is 5.82 Å². The zero-order valence-corrected chi connectivity index (χ0v) is 16.2. The molecule has 1 amide bonds. The number of hydrogen-bond donors (Lipinski definition) is 1. The van der Waals surface area contributed by atoms with E-state index in [4.69, 9.17) is 4.74 Å². The van der Waals surface area contributed by atoms with E-state index < -0.39 is 33.8 Å². The second-order valence-electron chi connectivity index (χ2n) is 5.64. The van der Waals surface area contributed by atoms with Gasteiger partial charge in [-0.05, 0) is 43.3 Å². The number of halogens is 1. The molecule has 8 nitrogen and oxygen atoms in total. The third kappa shape index (κ3) is 4.91. The molecule has 1 N–H and O–H groups in total. The summed E-state index contributed by atoms with van der Waals surface area (Å²) < 4.78 is 43.5. The minimum atomic E-state index is -3.85. The number of hydroxylamine groups is 1. The Hall–Kier alpha value is -2.82. The summed E-state index contributed by atoms with van der Waals surface area (Å²) in [7, 11) is -1.41. The molecule has 0 saturated heterocycles. The van der Waals surface area contributed by atoms with Gasteiger partial charge in [-0.1, -0.05) is 16.6 Å². The first-order valence-corrected chi connectivity index (χ1v) is 9.50. The van der Waals surface area contributed by atoms with Crippen molar-refractivity contribution in [2.24, 2.45) is 0 Å². The third-order valence-electron chi connectivity index (χ3n) is 3.77. The fraction of sp³-hybridized carbons (Fsp3) is 0.222. The van der Waals surface area contributed by atoms with Crippen LogP contribution in [-0.4, -0.2) is 45.0 Å². The second-order valence-corrected chi connectivity index (χ2v) is 7.57. The number of amides is 1. The maximum Gasteiger partial charge on any atom is 0.338 e. The molecular weight excluding hydrogens is 391 g/mol. The van der Waals surface area contributed by atoms with E-state index in [1.165, 1.54) is 63.5 Å². The second kappa shape index (κ2) is 8.91. The van der Waals surface area contributed by atoms with Crippen LogP contribution in [0.5, 0.6) is 0 Å². The maximum atomic E-state index is 13.6. The average molecular weight is 410 g/mol. The van der Waals surface area contributed by atoms with Crippen molar-refractivity contribution in [2.45, 2.75) is 17.9 Å². The molecule has 0 radical (unpaired) electrons. The molecule has 0 unspecified atom stereocenters. The minimum absolute atomic E-state index is 0.0350. The Labute approximate surface area is 161 Å². The van der Waals surface area contributed by atoms with Crippen molar-refractivity contribution in [3.05, 3.63) is 59.9 Å². The summed E-state index contributed by atoms with van der Waals surface area (Å²) in [6.07, 6.45) is -1.20. The fourth-order valence-corrected chi connectivity index (χ4v) is 3.06. The lowest BCUT2D eigenvalue weighted by Crippen LogP contribution is -2.30. The Morgan fingerprint density at radius 1 is 1.11 bits per heavy atom. The summed E-state index contributed by atoms with van der Waals surface area (Å²) in [6, 6.07) is 10.5. The smallest absolute Gasteiger partial charge is 0.338 e. The number of sulfonamides is 1. The van der Waals surface area contributed by atoms with Crippen molar-refractivity contribution in [2.75, 3.05) is 19.5 Å². The van der Waals surface area contributed by atoms with Crippen molar-refractivity contribution in [3.63, 3.8) is 0 Å². The van der Waals surface area contributed by atoms with Crippen LogP contribution >= 0.6 is 0 Å². The number of para-hydroxylation sites is 1. The van der Waals surface area contributed by atoms with E-state index >= 15 is 0 Å². The van der Waals surface area contributed by atoms with Crippen LogP contribution in [0.2, 0.25) is 0 Å². The lowest BCUT2D eigenvalue weighted by Gasteiger charge is -2.15. The lowest BCUT2D eigenvalue weighted by atomic mass is 10.2. The predicted molar refractivity (Wildman–Crippen MR) is 98.3 cm³/mol. The van der Waals surface area contributed by atoms with Crippen molar-refractivity contribution in [3.8, 4) is 0 Å². The van der Waals surface area contributed by atoms with Crippen LogP contribution in [0.4, 0.5) is 10.1 Å². The first kappa shape index (κ1) is 21.5. The number of ether oxygens (including phenoxy) is 1. The van der Waals surface area contributed by atoms with Gasteiger partial charge in [-0.2, -0.15) is 0 Å². The van der Waals surface area contributed by atoms with Gasteiger partial charge in [0.25, 0.3) is 15.9 Å². The topological polar surface area (TPSA) is 102 Å². The molecule has 150 valence electrons. The first-order chi connectivity index (χ1) is 13.2. The standard InChI is InChI=1S/C18H19FN2O6S/c1-12(17(22)20-16-7-5-4-6-15(16)19)27-18(23)13-8-10-14(11-9-13)28(24,25)21(2)26-3/h4-12H,1-3H3,(H,20,22)/t12-/m1/s1. The highest BCUT2D eigenvalue weighted by atomic mass is 32.2. The summed E-state index contributed by atoms with van der Waals surface area (Å²) in [5, 5.41) is 2.32. The molecule has 10 heteroatoms. The SMILES string of the molecule is CON(C)S(=O)(=O)c1ccc(C(=O)O[C@H](C)C(=O)Nc2ccccc2F)cc1. The Balaban J connectivity index is 2.04. The minimum Gasteiger partial charge on any atom is -0.449 e.